The van der Waals surface area contributed by atoms with Crippen molar-refractivity contribution in [2.45, 2.75) is 19.4 Å². The van der Waals surface area contributed by atoms with Crippen molar-refractivity contribution < 1.29 is 4.74 Å². The molecule has 5 heterocycles. The molecule has 1 aromatic carbocycles. The molecule has 31 heavy (non-hydrogen) atoms. The van der Waals surface area contributed by atoms with Crippen LogP contribution in [0.15, 0.2) is 54.9 Å². The van der Waals surface area contributed by atoms with Crippen LogP contribution >= 0.6 is 0 Å². The highest BCUT2D eigenvalue weighted by Crippen LogP contribution is 2.40. The van der Waals surface area contributed by atoms with Crippen molar-refractivity contribution in [3.05, 3.63) is 66.5 Å². The third-order valence-electron chi connectivity index (χ3n) is 5.86. The number of nitrogens with zero attached hydrogens (tertiary/aromatic N) is 7. The van der Waals surface area contributed by atoms with Gasteiger partial charge in [-0.1, -0.05) is 37.3 Å². The molecule has 3 aromatic heterocycles. The number of fused-ring (bicyclic) bond motifs is 6. The molecule has 0 N–H and O–H groups in total. The van der Waals surface area contributed by atoms with Gasteiger partial charge in [-0.15, -0.1) is 10.2 Å². The first-order valence-electron chi connectivity index (χ1n) is 10.5. The monoisotopic (exact) mass is 411 g/mol. The summed E-state index contributed by atoms with van der Waals surface area (Å²) in [4.78, 5) is 16.7. The van der Waals surface area contributed by atoms with Gasteiger partial charge in [0.25, 0.3) is 0 Å². The van der Waals surface area contributed by atoms with Crippen molar-refractivity contribution in [2.75, 3.05) is 24.7 Å². The Morgan fingerprint density at radius 3 is 2.84 bits per heavy atom. The fourth-order valence-corrected chi connectivity index (χ4v) is 4.39. The average molecular weight is 411 g/mol. The third-order valence-corrected chi connectivity index (χ3v) is 5.86. The normalized spacial score (nSPS) is 17.1. The van der Waals surface area contributed by atoms with E-state index >= 15 is 0 Å². The van der Waals surface area contributed by atoms with Gasteiger partial charge < -0.3 is 9.64 Å². The van der Waals surface area contributed by atoms with Crippen LogP contribution in [0.2, 0.25) is 0 Å². The second-order valence-corrected chi connectivity index (χ2v) is 7.62. The van der Waals surface area contributed by atoms with E-state index < -0.39 is 0 Å². The van der Waals surface area contributed by atoms with Gasteiger partial charge >= 0.3 is 0 Å². The molecule has 1 saturated heterocycles. The number of ether oxygens (including phenoxy) is 1. The first-order chi connectivity index (χ1) is 15.3. The number of hydrogen-bond acceptors (Lipinski definition) is 7. The van der Waals surface area contributed by atoms with Gasteiger partial charge in [0.2, 0.25) is 0 Å². The van der Waals surface area contributed by atoms with E-state index in [1.165, 1.54) is 0 Å². The molecular formula is C23H21N7O. The number of rotatable bonds is 3. The summed E-state index contributed by atoms with van der Waals surface area (Å²) in [5.74, 6) is 3.35. The molecule has 0 spiro atoms. The summed E-state index contributed by atoms with van der Waals surface area (Å²) in [5, 5.41) is 8.88. The molecule has 0 aliphatic carbocycles. The fourth-order valence-electron chi connectivity index (χ4n) is 4.39. The van der Waals surface area contributed by atoms with Gasteiger partial charge in [0.15, 0.2) is 17.5 Å². The predicted octanol–water partition coefficient (Wildman–Crippen LogP) is 3.24. The molecule has 0 radical (unpaired) electrons. The van der Waals surface area contributed by atoms with Crippen molar-refractivity contribution in [3.8, 4) is 28.3 Å². The largest absolute Gasteiger partial charge is 0.377 e. The van der Waals surface area contributed by atoms with E-state index in [0.29, 0.717) is 19.0 Å². The molecule has 2 aliphatic rings. The van der Waals surface area contributed by atoms with Crippen LogP contribution in [0.1, 0.15) is 24.6 Å². The van der Waals surface area contributed by atoms with Crippen molar-refractivity contribution >= 4 is 5.82 Å². The molecule has 2 aliphatic heterocycles. The Kier molecular flexibility index (Phi) is 4.24. The second kappa shape index (κ2) is 7.24. The first-order valence-corrected chi connectivity index (χ1v) is 10.5. The Morgan fingerprint density at radius 2 is 1.97 bits per heavy atom. The van der Waals surface area contributed by atoms with E-state index in [9.17, 15) is 0 Å². The van der Waals surface area contributed by atoms with Gasteiger partial charge in [0, 0.05) is 30.3 Å². The van der Waals surface area contributed by atoms with E-state index in [1.807, 2.05) is 36.5 Å². The quantitative estimate of drug-likeness (QED) is 0.512. The first kappa shape index (κ1) is 18.1. The summed E-state index contributed by atoms with van der Waals surface area (Å²) in [6.45, 7) is 4.06. The van der Waals surface area contributed by atoms with Gasteiger partial charge in [-0.05, 0) is 12.1 Å². The predicted molar refractivity (Wildman–Crippen MR) is 116 cm³/mol. The van der Waals surface area contributed by atoms with E-state index in [0.717, 1.165) is 52.9 Å². The lowest BCUT2D eigenvalue weighted by atomic mass is 10.1. The molecule has 0 saturated carbocycles. The Morgan fingerprint density at radius 1 is 1.06 bits per heavy atom. The van der Waals surface area contributed by atoms with Gasteiger partial charge in [-0.3, -0.25) is 9.55 Å². The number of pyridine rings is 1. The number of benzene rings is 1. The Hall–Kier alpha value is -3.65. The maximum Gasteiger partial charge on any atom is 0.163 e. The Labute approximate surface area is 179 Å². The van der Waals surface area contributed by atoms with Crippen LogP contribution in [-0.4, -0.2) is 49.5 Å². The summed E-state index contributed by atoms with van der Waals surface area (Å²) < 4.78 is 7.86. The molecule has 0 amide bonds. The van der Waals surface area contributed by atoms with Gasteiger partial charge in [-0.25, -0.2) is 9.97 Å². The molecule has 1 atom stereocenters. The zero-order valence-electron chi connectivity index (χ0n) is 17.1. The highest BCUT2D eigenvalue weighted by Gasteiger charge is 2.38. The van der Waals surface area contributed by atoms with Crippen LogP contribution < -0.4 is 4.90 Å². The van der Waals surface area contributed by atoms with E-state index in [-0.39, 0.29) is 6.04 Å². The lowest BCUT2D eigenvalue weighted by molar-refractivity contribution is 0.0894. The molecule has 8 heteroatoms. The molecule has 8 nitrogen and oxygen atoms in total. The summed E-state index contributed by atoms with van der Waals surface area (Å²) in [5.41, 5.74) is 3.74. The molecule has 1 unspecified atom stereocenters. The van der Waals surface area contributed by atoms with Gasteiger partial charge in [0.05, 0.1) is 25.1 Å². The van der Waals surface area contributed by atoms with Crippen molar-refractivity contribution in [2.24, 2.45) is 0 Å². The molecule has 6 rings (SSSR count). The Balaban J connectivity index is 1.54. The standard InChI is InChI=1S/C23H21N7O/c1-2-19-27-28-23-18-14-31-12-11-29(18)22-17(30(19)23)13-25-21(26-22)16-9-6-10-24-20(16)15-7-4-3-5-8-15/h3-10,13,18H,2,11-12,14H2,1H3. The second-order valence-electron chi connectivity index (χ2n) is 7.62. The molecular weight excluding hydrogens is 390 g/mol. The average Bonchev–Trinajstić information content (AvgIpc) is 3.29. The van der Waals surface area contributed by atoms with Crippen LogP contribution in [0.5, 0.6) is 0 Å². The van der Waals surface area contributed by atoms with Crippen molar-refractivity contribution in [1.29, 1.82) is 0 Å². The Bertz CT molecular complexity index is 1250. The number of morpholine rings is 1. The number of anilines is 1. The van der Waals surface area contributed by atoms with Crippen LogP contribution in [0.3, 0.4) is 0 Å². The van der Waals surface area contributed by atoms with E-state index in [2.05, 4.69) is 43.7 Å². The number of aromatic nitrogens is 6. The molecule has 0 bridgehead atoms. The molecule has 4 aromatic rings. The lowest BCUT2D eigenvalue weighted by Crippen LogP contribution is -2.44. The maximum absolute atomic E-state index is 5.77. The summed E-state index contributed by atoms with van der Waals surface area (Å²) >= 11 is 0. The minimum absolute atomic E-state index is 0.000655. The maximum atomic E-state index is 5.77. The van der Waals surface area contributed by atoms with Crippen molar-refractivity contribution in [3.63, 3.8) is 0 Å². The minimum atomic E-state index is -0.000655. The third kappa shape index (κ3) is 2.83. The summed E-state index contributed by atoms with van der Waals surface area (Å²) in [6, 6.07) is 14.1. The number of hydrogen-bond donors (Lipinski definition) is 0. The smallest absolute Gasteiger partial charge is 0.163 e. The fraction of sp³-hybridized carbons (Fsp3) is 0.261. The number of aryl methyl sites for hydroxylation is 1. The van der Waals surface area contributed by atoms with Crippen LogP contribution in [-0.2, 0) is 11.2 Å². The topological polar surface area (TPSA) is 81.8 Å². The SMILES string of the molecule is CCc1nnc2n1-c1cnc(-c3cccnc3-c3ccccc3)nc1N1CCOCC21. The van der Waals surface area contributed by atoms with Gasteiger partial charge in [-0.2, -0.15) is 0 Å². The van der Waals surface area contributed by atoms with E-state index in [4.69, 9.17) is 14.7 Å². The summed E-state index contributed by atoms with van der Waals surface area (Å²) in [6.07, 6.45) is 4.47. The zero-order valence-corrected chi connectivity index (χ0v) is 17.1. The highest BCUT2D eigenvalue weighted by molar-refractivity contribution is 5.78. The van der Waals surface area contributed by atoms with Crippen LogP contribution in [0.25, 0.3) is 28.3 Å². The highest BCUT2D eigenvalue weighted by atomic mass is 16.5. The lowest BCUT2D eigenvalue weighted by Gasteiger charge is -2.40. The zero-order chi connectivity index (χ0) is 20.8. The van der Waals surface area contributed by atoms with Crippen molar-refractivity contribution in [1.82, 2.24) is 29.7 Å². The summed E-state index contributed by atoms with van der Waals surface area (Å²) in [7, 11) is 0. The minimum Gasteiger partial charge on any atom is -0.377 e. The molecule has 1 fully saturated rings. The van der Waals surface area contributed by atoms with Crippen LogP contribution in [0.4, 0.5) is 5.82 Å². The molecule has 154 valence electrons. The van der Waals surface area contributed by atoms with Gasteiger partial charge in [0.1, 0.15) is 17.6 Å². The van der Waals surface area contributed by atoms with Crippen LogP contribution in [0, 0.1) is 0 Å². The van der Waals surface area contributed by atoms with E-state index in [1.54, 1.807) is 6.20 Å².